The van der Waals surface area contributed by atoms with Crippen LogP contribution >= 0.6 is 0 Å². The monoisotopic (exact) mass is 494 g/mol. The number of alkyl halides is 3. The Balaban J connectivity index is 1.39. The molecule has 1 aliphatic rings. The van der Waals surface area contributed by atoms with E-state index >= 15 is 0 Å². The van der Waals surface area contributed by atoms with E-state index in [0.29, 0.717) is 30.8 Å². The maximum atomic E-state index is 13.4. The molecule has 1 aliphatic heterocycles. The third kappa shape index (κ3) is 4.84. The molecule has 0 spiro atoms. The molecule has 0 fully saturated rings. The summed E-state index contributed by atoms with van der Waals surface area (Å²) in [5.74, 6) is -2.04. The molecule has 178 valence electrons. The predicted octanol–water partition coefficient (Wildman–Crippen LogP) is 4.61. The third-order valence-electron chi connectivity index (χ3n) is 5.18. The Bertz CT molecular complexity index is 1330. The number of rotatable bonds is 6. The molecule has 11 heteroatoms. The molecular formula is C23H18F4N2O4S. The van der Waals surface area contributed by atoms with Crippen molar-refractivity contribution in [2.24, 2.45) is 0 Å². The number of ether oxygens (including phenoxy) is 1. The molecule has 0 atom stereocenters. The third-order valence-corrected chi connectivity index (χ3v) is 7.01. The number of benzene rings is 3. The average Bonchev–Trinajstić information content (AvgIpc) is 3.24. The molecule has 4 rings (SSSR count). The number of amides is 1. The molecule has 6 nitrogen and oxygen atoms in total. The Morgan fingerprint density at radius 3 is 2.44 bits per heavy atom. The summed E-state index contributed by atoms with van der Waals surface area (Å²) in [4.78, 5) is 12.1. The maximum Gasteiger partial charge on any atom is 0.419 e. The molecule has 3 aromatic carbocycles. The van der Waals surface area contributed by atoms with Gasteiger partial charge >= 0.3 is 6.18 Å². The highest BCUT2D eigenvalue weighted by Crippen LogP contribution is 2.34. The second-order valence-corrected chi connectivity index (χ2v) is 9.32. The molecule has 0 aliphatic carbocycles. The summed E-state index contributed by atoms with van der Waals surface area (Å²) in [6.45, 7) is -0.218. The lowest BCUT2D eigenvalue weighted by molar-refractivity contribution is -0.140. The molecule has 0 saturated heterocycles. The number of hydrogen-bond acceptors (Lipinski definition) is 4. The quantitative estimate of drug-likeness (QED) is 0.508. The van der Waals surface area contributed by atoms with Crippen LogP contribution in [0.1, 0.15) is 11.1 Å². The Morgan fingerprint density at radius 1 is 1.03 bits per heavy atom. The maximum absolute atomic E-state index is 13.4. The van der Waals surface area contributed by atoms with Crippen molar-refractivity contribution in [1.82, 2.24) is 0 Å². The van der Waals surface area contributed by atoms with Gasteiger partial charge in [0.05, 0.1) is 16.1 Å². The average molecular weight is 494 g/mol. The van der Waals surface area contributed by atoms with Crippen molar-refractivity contribution >= 4 is 27.3 Å². The van der Waals surface area contributed by atoms with E-state index in [9.17, 15) is 30.8 Å². The van der Waals surface area contributed by atoms with Crippen molar-refractivity contribution in [3.8, 4) is 5.75 Å². The molecule has 0 saturated carbocycles. The molecule has 1 N–H and O–H groups in total. The Hall–Kier alpha value is -3.60. The minimum atomic E-state index is -4.90. The van der Waals surface area contributed by atoms with Gasteiger partial charge in [-0.25, -0.2) is 12.8 Å². The SMILES string of the molecule is O=C(COc1ccc(S(=O)(=O)N2CCc3ccccc32)cc1)Nc1ccc(F)c(C(F)(F)F)c1. The van der Waals surface area contributed by atoms with Crippen LogP contribution in [0.5, 0.6) is 5.75 Å². The summed E-state index contributed by atoms with van der Waals surface area (Å²) in [5.41, 5.74) is -0.159. The number of carbonyl (C=O) groups is 1. The van der Waals surface area contributed by atoms with Gasteiger partial charge in [0.25, 0.3) is 15.9 Å². The fourth-order valence-electron chi connectivity index (χ4n) is 3.56. The van der Waals surface area contributed by atoms with Crippen molar-refractivity contribution < 1.29 is 35.5 Å². The van der Waals surface area contributed by atoms with E-state index < -0.39 is 40.1 Å². The van der Waals surface area contributed by atoms with E-state index in [0.717, 1.165) is 11.6 Å². The highest BCUT2D eigenvalue weighted by atomic mass is 32.2. The first-order valence-electron chi connectivity index (χ1n) is 10.1. The van der Waals surface area contributed by atoms with E-state index in [1.807, 2.05) is 12.1 Å². The Labute approximate surface area is 192 Å². The zero-order chi connectivity index (χ0) is 24.5. The number of para-hydroxylation sites is 1. The summed E-state index contributed by atoms with van der Waals surface area (Å²) in [5, 5.41) is 2.20. The minimum absolute atomic E-state index is 0.0481. The molecule has 34 heavy (non-hydrogen) atoms. The fourth-order valence-corrected chi connectivity index (χ4v) is 5.06. The van der Waals surface area contributed by atoms with E-state index in [4.69, 9.17) is 4.74 Å². The van der Waals surface area contributed by atoms with E-state index in [2.05, 4.69) is 5.32 Å². The number of anilines is 2. The second-order valence-electron chi connectivity index (χ2n) is 7.46. The van der Waals surface area contributed by atoms with Crippen molar-refractivity contribution in [1.29, 1.82) is 0 Å². The van der Waals surface area contributed by atoms with E-state index in [1.54, 1.807) is 12.1 Å². The lowest BCUT2D eigenvalue weighted by Gasteiger charge is -2.19. The number of sulfonamides is 1. The summed E-state index contributed by atoms with van der Waals surface area (Å²) in [7, 11) is -3.78. The van der Waals surface area contributed by atoms with Crippen molar-refractivity contribution in [3.63, 3.8) is 0 Å². The molecule has 0 unspecified atom stereocenters. The van der Waals surface area contributed by atoms with Crippen LogP contribution in [0.15, 0.2) is 71.6 Å². The molecular weight excluding hydrogens is 476 g/mol. The molecule has 1 heterocycles. The van der Waals surface area contributed by atoms with Crippen LogP contribution in [0.4, 0.5) is 28.9 Å². The zero-order valence-corrected chi connectivity index (χ0v) is 18.3. The van der Waals surface area contributed by atoms with Crippen LogP contribution in [-0.2, 0) is 27.4 Å². The topological polar surface area (TPSA) is 75.7 Å². The summed E-state index contributed by atoms with van der Waals surface area (Å²) >= 11 is 0. The van der Waals surface area contributed by atoms with Crippen LogP contribution in [0, 0.1) is 5.82 Å². The minimum Gasteiger partial charge on any atom is -0.484 e. The van der Waals surface area contributed by atoms with Crippen molar-refractivity contribution in [3.05, 3.63) is 83.7 Å². The van der Waals surface area contributed by atoms with Gasteiger partial charge in [-0.1, -0.05) is 18.2 Å². The Morgan fingerprint density at radius 2 is 1.74 bits per heavy atom. The van der Waals surface area contributed by atoms with Gasteiger partial charge in [0.2, 0.25) is 0 Å². The Kier molecular flexibility index (Phi) is 6.22. The first kappa shape index (κ1) is 23.6. The van der Waals surface area contributed by atoms with Crippen LogP contribution in [0.25, 0.3) is 0 Å². The number of hydrogen-bond donors (Lipinski definition) is 1. The number of fused-ring (bicyclic) bond motifs is 1. The van der Waals surface area contributed by atoms with Crippen molar-refractivity contribution in [2.45, 2.75) is 17.5 Å². The van der Waals surface area contributed by atoms with Gasteiger partial charge in [-0.15, -0.1) is 0 Å². The predicted molar refractivity (Wildman–Crippen MR) is 117 cm³/mol. The van der Waals surface area contributed by atoms with Crippen LogP contribution in [0.2, 0.25) is 0 Å². The van der Waals surface area contributed by atoms with Crippen molar-refractivity contribution in [2.75, 3.05) is 22.8 Å². The summed E-state index contributed by atoms with van der Waals surface area (Å²) in [6, 6.07) is 14.8. The van der Waals surface area contributed by atoms with Gasteiger partial charge < -0.3 is 10.1 Å². The first-order chi connectivity index (χ1) is 16.1. The van der Waals surface area contributed by atoms with Gasteiger partial charge in [0.15, 0.2) is 6.61 Å². The molecule has 0 bridgehead atoms. The van der Waals surface area contributed by atoms with E-state index in [-0.39, 0.29) is 16.3 Å². The summed E-state index contributed by atoms with van der Waals surface area (Å²) in [6.07, 6.45) is -4.29. The largest absolute Gasteiger partial charge is 0.484 e. The molecule has 0 radical (unpaired) electrons. The highest BCUT2D eigenvalue weighted by Gasteiger charge is 2.34. The number of nitrogens with zero attached hydrogens (tertiary/aromatic N) is 1. The van der Waals surface area contributed by atoms with Crippen LogP contribution in [0.3, 0.4) is 0 Å². The lowest BCUT2D eigenvalue weighted by atomic mass is 10.2. The number of nitrogens with one attached hydrogen (secondary N) is 1. The molecule has 3 aromatic rings. The fraction of sp³-hybridized carbons (Fsp3) is 0.174. The molecule has 0 aromatic heterocycles. The first-order valence-corrected chi connectivity index (χ1v) is 11.5. The second kappa shape index (κ2) is 8.98. The van der Waals surface area contributed by atoms with E-state index in [1.165, 1.54) is 28.6 Å². The normalized spacial score (nSPS) is 13.5. The number of carbonyl (C=O) groups excluding carboxylic acids is 1. The van der Waals surface area contributed by atoms with Crippen LogP contribution in [-0.4, -0.2) is 27.5 Å². The molecule has 1 amide bonds. The highest BCUT2D eigenvalue weighted by molar-refractivity contribution is 7.92. The van der Waals surface area contributed by atoms with Crippen LogP contribution < -0.4 is 14.4 Å². The lowest BCUT2D eigenvalue weighted by Crippen LogP contribution is -2.29. The van der Waals surface area contributed by atoms with Gasteiger partial charge in [0.1, 0.15) is 11.6 Å². The smallest absolute Gasteiger partial charge is 0.419 e. The van der Waals surface area contributed by atoms with Gasteiger partial charge in [-0.3, -0.25) is 9.10 Å². The number of halogens is 4. The standard InChI is InChI=1S/C23H18F4N2O4S/c24-20-10-5-16(13-19(20)23(25,26)27)28-22(30)14-33-17-6-8-18(9-7-17)34(31,32)29-12-11-15-3-1-2-4-21(15)29/h1-10,13H,11-12,14H2,(H,28,30). The van der Waals surface area contributed by atoms with Gasteiger partial charge in [0, 0.05) is 12.2 Å². The summed E-state index contributed by atoms with van der Waals surface area (Å²) < 4.78 is 84.4. The van der Waals surface area contributed by atoms with Gasteiger partial charge in [-0.05, 0) is 60.5 Å². The zero-order valence-electron chi connectivity index (χ0n) is 17.5. The van der Waals surface area contributed by atoms with Gasteiger partial charge in [-0.2, -0.15) is 13.2 Å².